The zero-order valence-electron chi connectivity index (χ0n) is 9.64. The van der Waals surface area contributed by atoms with Gasteiger partial charge >= 0.3 is 0 Å². The number of benzene rings is 1. The second-order valence-electron chi connectivity index (χ2n) is 4.10. The lowest BCUT2D eigenvalue weighted by molar-refractivity contribution is -0.119. The van der Waals surface area contributed by atoms with Gasteiger partial charge in [-0.05, 0) is 25.1 Å². The van der Waals surface area contributed by atoms with E-state index in [0.717, 1.165) is 11.4 Å². The molecule has 0 bridgehead atoms. The van der Waals surface area contributed by atoms with Crippen molar-refractivity contribution in [2.24, 2.45) is 5.84 Å². The maximum absolute atomic E-state index is 11.3. The van der Waals surface area contributed by atoms with Crippen molar-refractivity contribution >= 4 is 17.3 Å². The molecule has 1 aliphatic heterocycles. The van der Waals surface area contributed by atoms with Gasteiger partial charge in [-0.2, -0.15) is 0 Å². The van der Waals surface area contributed by atoms with Gasteiger partial charge in [0.25, 0.3) is 5.91 Å². The Balaban J connectivity index is 2.29. The maximum atomic E-state index is 11.3. The summed E-state index contributed by atoms with van der Waals surface area (Å²) in [6.07, 6.45) is 0.0247. The summed E-state index contributed by atoms with van der Waals surface area (Å²) in [4.78, 5) is 13.2. The molecule has 2 rings (SSSR count). The summed E-state index contributed by atoms with van der Waals surface area (Å²) in [7, 11) is 0. The van der Waals surface area contributed by atoms with Gasteiger partial charge < -0.3 is 15.4 Å². The van der Waals surface area contributed by atoms with E-state index in [2.05, 4.69) is 5.43 Å². The van der Waals surface area contributed by atoms with Crippen LogP contribution < -0.4 is 26.6 Å². The molecule has 0 fully saturated rings. The fraction of sp³-hybridized carbons (Fsp3) is 0.364. The summed E-state index contributed by atoms with van der Waals surface area (Å²) < 4.78 is 5.67. The van der Waals surface area contributed by atoms with Crippen molar-refractivity contribution in [1.82, 2.24) is 5.43 Å². The Hall–Kier alpha value is -1.95. The number of hydrogen-bond acceptors (Lipinski definition) is 5. The highest BCUT2D eigenvalue weighted by Gasteiger charge is 2.24. The number of carbonyl (C=O) groups is 1. The van der Waals surface area contributed by atoms with Crippen molar-refractivity contribution in [3.63, 3.8) is 0 Å². The Kier molecular flexibility index (Phi) is 3.06. The molecule has 5 N–H and O–H groups in total. The van der Waals surface area contributed by atoms with Crippen LogP contribution >= 0.6 is 0 Å². The number of hydrogen-bond donors (Lipinski definition) is 3. The fourth-order valence-electron chi connectivity index (χ4n) is 1.91. The Morgan fingerprint density at radius 1 is 1.65 bits per heavy atom. The molecular weight excluding hydrogens is 220 g/mol. The Bertz CT molecular complexity index is 435. The van der Waals surface area contributed by atoms with E-state index in [-0.39, 0.29) is 18.6 Å². The van der Waals surface area contributed by atoms with Crippen LogP contribution in [0.15, 0.2) is 18.2 Å². The highest BCUT2D eigenvalue weighted by Crippen LogP contribution is 2.34. The fourth-order valence-corrected chi connectivity index (χ4v) is 1.91. The minimum absolute atomic E-state index is 0.0247. The van der Waals surface area contributed by atoms with Crippen molar-refractivity contribution < 1.29 is 9.53 Å². The number of nitrogens with zero attached hydrogens (tertiary/aromatic N) is 1. The summed E-state index contributed by atoms with van der Waals surface area (Å²) in [6.45, 7) is 2.77. The van der Waals surface area contributed by atoms with E-state index in [0.29, 0.717) is 12.2 Å². The van der Waals surface area contributed by atoms with E-state index in [1.165, 1.54) is 0 Å². The van der Waals surface area contributed by atoms with Gasteiger partial charge in [-0.3, -0.25) is 10.2 Å². The number of nitrogens with two attached hydrogens (primary N) is 2. The molecule has 1 aromatic carbocycles. The normalized spacial score (nSPS) is 18.2. The molecule has 1 unspecified atom stereocenters. The second kappa shape index (κ2) is 4.50. The second-order valence-corrected chi connectivity index (χ2v) is 4.10. The summed E-state index contributed by atoms with van der Waals surface area (Å²) in [6, 6.07) is 5.39. The van der Waals surface area contributed by atoms with Gasteiger partial charge in [0.2, 0.25) is 0 Å². The lowest BCUT2D eigenvalue weighted by Gasteiger charge is -2.34. The molecule has 1 amide bonds. The van der Waals surface area contributed by atoms with Crippen molar-refractivity contribution in [3.05, 3.63) is 18.2 Å². The lowest BCUT2D eigenvalue weighted by Crippen LogP contribution is -2.45. The number of anilines is 2. The first-order valence-electron chi connectivity index (χ1n) is 5.40. The quantitative estimate of drug-likeness (QED) is 0.287. The molecule has 92 valence electrons. The van der Waals surface area contributed by atoms with Crippen LogP contribution in [0.25, 0.3) is 0 Å². The number of nitrogen functional groups attached to an aromatic ring is 1. The first-order chi connectivity index (χ1) is 8.10. The molecule has 0 aliphatic carbocycles. The standard InChI is InChI=1S/C11H16N4O2/c1-7-5-15(6-11(16)14-13)9-4-8(12)2-3-10(9)17-7/h2-4,7H,5-6,12-13H2,1H3,(H,14,16). The molecule has 17 heavy (non-hydrogen) atoms. The first kappa shape index (κ1) is 11.5. The van der Waals surface area contributed by atoms with Crippen LogP contribution in [0.1, 0.15) is 6.92 Å². The molecule has 1 aromatic rings. The number of ether oxygens (including phenoxy) is 1. The van der Waals surface area contributed by atoms with E-state index in [9.17, 15) is 4.79 Å². The summed E-state index contributed by atoms with van der Waals surface area (Å²) in [5.41, 5.74) is 9.32. The number of rotatable bonds is 2. The topological polar surface area (TPSA) is 93.6 Å². The third-order valence-electron chi connectivity index (χ3n) is 2.62. The SMILES string of the molecule is CC1CN(CC(=O)NN)c2cc(N)ccc2O1. The molecular formula is C11H16N4O2. The van der Waals surface area contributed by atoms with Gasteiger partial charge in [-0.15, -0.1) is 0 Å². The van der Waals surface area contributed by atoms with Crippen molar-refractivity contribution in [1.29, 1.82) is 0 Å². The molecule has 6 heteroatoms. The predicted octanol–water partition coefficient (Wildman–Crippen LogP) is -0.154. The Morgan fingerprint density at radius 3 is 3.12 bits per heavy atom. The zero-order chi connectivity index (χ0) is 12.4. The Morgan fingerprint density at radius 2 is 2.41 bits per heavy atom. The van der Waals surface area contributed by atoms with Crippen molar-refractivity contribution in [3.8, 4) is 5.75 Å². The molecule has 0 saturated carbocycles. The van der Waals surface area contributed by atoms with E-state index < -0.39 is 0 Å². The number of hydrazine groups is 1. The summed E-state index contributed by atoms with van der Waals surface area (Å²) in [5.74, 6) is 5.59. The minimum atomic E-state index is -0.243. The van der Waals surface area contributed by atoms with Crippen LogP contribution in [0.2, 0.25) is 0 Å². The van der Waals surface area contributed by atoms with Crippen molar-refractivity contribution in [2.75, 3.05) is 23.7 Å². The molecule has 0 spiro atoms. The third kappa shape index (κ3) is 2.42. The average molecular weight is 236 g/mol. The van der Waals surface area contributed by atoms with Gasteiger partial charge in [0.15, 0.2) is 0 Å². The number of nitrogens with one attached hydrogen (secondary N) is 1. The maximum Gasteiger partial charge on any atom is 0.253 e. The summed E-state index contributed by atoms with van der Waals surface area (Å²) >= 11 is 0. The van der Waals surface area contributed by atoms with Gasteiger partial charge in [-0.1, -0.05) is 0 Å². The largest absolute Gasteiger partial charge is 0.487 e. The summed E-state index contributed by atoms with van der Waals surface area (Å²) in [5, 5.41) is 0. The minimum Gasteiger partial charge on any atom is -0.487 e. The molecule has 0 radical (unpaired) electrons. The highest BCUT2D eigenvalue weighted by atomic mass is 16.5. The molecule has 1 aliphatic rings. The lowest BCUT2D eigenvalue weighted by atomic mass is 10.2. The van der Waals surface area contributed by atoms with Crippen LogP contribution in [0.3, 0.4) is 0 Å². The predicted molar refractivity (Wildman–Crippen MR) is 65.5 cm³/mol. The van der Waals surface area contributed by atoms with Crippen LogP contribution in [0.5, 0.6) is 5.75 Å². The molecule has 1 heterocycles. The Labute approximate surface area is 99.5 Å². The van der Waals surface area contributed by atoms with Crippen LogP contribution in [0.4, 0.5) is 11.4 Å². The van der Waals surface area contributed by atoms with Gasteiger partial charge in [-0.25, -0.2) is 5.84 Å². The van der Waals surface area contributed by atoms with Crippen LogP contribution in [-0.2, 0) is 4.79 Å². The zero-order valence-corrected chi connectivity index (χ0v) is 9.64. The van der Waals surface area contributed by atoms with Gasteiger partial charge in [0, 0.05) is 5.69 Å². The first-order valence-corrected chi connectivity index (χ1v) is 5.40. The highest BCUT2D eigenvalue weighted by molar-refractivity contribution is 5.82. The monoisotopic (exact) mass is 236 g/mol. The molecule has 0 aromatic heterocycles. The van der Waals surface area contributed by atoms with Crippen LogP contribution in [0, 0.1) is 0 Å². The molecule has 6 nitrogen and oxygen atoms in total. The van der Waals surface area contributed by atoms with E-state index in [4.69, 9.17) is 16.3 Å². The van der Waals surface area contributed by atoms with E-state index >= 15 is 0 Å². The van der Waals surface area contributed by atoms with Gasteiger partial charge in [0.1, 0.15) is 11.9 Å². The van der Waals surface area contributed by atoms with Crippen molar-refractivity contribution in [2.45, 2.75) is 13.0 Å². The van der Waals surface area contributed by atoms with Gasteiger partial charge in [0.05, 0.1) is 18.8 Å². The van der Waals surface area contributed by atoms with Crippen LogP contribution in [-0.4, -0.2) is 25.1 Å². The third-order valence-corrected chi connectivity index (χ3v) is 2.62. The molecule has 0 saturated heterocycles. The van der Waals surface area contributed by atoms with E-state index in [1.54, 1.807) is 12.1 Å². The number of amides is 1. The molecule has 1 atom stereocenters. The smallest absolute Gasteiger partial charge is 0.253 e. The average Bonchev–Trinajstić information content (AvgIpc) is 2.29. The number of fused-ring (bicyclic) bond motifs is 1. The van der Waals surface area contributed by atoms with E-state index in [1.807, 2.05) is 17.9 Å². The number of carbonyl (C=O) groups excluding carboxylic acids is 1.